The number of hydrogen-bond acceptors (Lipinski definition) is 2. The van der Waals surface area contributed by atoms with E-state index in [1.54, 1.807) is 11.3 Å². The third-order valence-electron chi connectivity index (χ3n) is 2.88. The number of benzene rings is 1. The standard InChI is InChI=1S/C13H7N2S.CH3.Ir.Y/c1-2-5-10-9(4-1)12-13(16-8-14-12)11-6-3-7-15(10)11;;;/h1-3,5-8H;1H3;;/q2*-1;;. The Morgan fingerprint density at radius 3 is 2.79 bits per heavy atom. The first-order chi connectivity index (χ1) is 7.95. The van der Waals surface area contributed by atoms with Crippen LogP contribution in [0.4, 0.5) is 0 Å². The normalized spacial score (nSPS) is 9.89. The Bertz CT molecular complexity index is 753. The van der Waals surface area contributed by atoms with Crippen LogP contribution in [0.3, 0.4) is 0 Å². The van der Waals surface area contributed by atoms with Crippen LogP contribution in [0.15, 0.2) is 42.0 Å². The average Bonchev–Trinajstić information content (AvgIpc) is 2.98. The molecule has 0 saturated carbocycles. The van der Waals surface area contributed by atoms with Crippen LogP contribution in [0.2, 0.25) is 0 Å². The number of nitrogens with zero attached hydrogens (tertiary/aromatic N) is 2. The molecule has 0 amide bonds. The zero-order valence-electron chi connectivity index (χ0n) is 10.3. The zero-order chi connectivity index (χ0) is 10.5. The maximum Gasteiger partial charge on any atom is 0.0684 e. The third kappa shape index (κ3) is 2.45. The van der Waals surface area contributed by atoms with Crippen LogP contribution < -0.4 is 0 Å². The van der Waals surface area contributed by atoms with E-state index < -0.39 is 0 Å². The number of pyridine rings is 1. The van der Waals surface area contributed by atoms with Gasteiger partial charge in [0, 0.05) is 68.5 Å². The van der Waals surface area contributed by atoms with Gasteiger partial charge in [0.2, 0.25) is 0 Å². The Morgan fingerprint density at radius 1 is 1.16 bits per heavy atom. The number of aromatic nitrogens is 2. The van der Waals surface area contributed by atoms with Crippen molar-refractivity contribution in [1.29, 1.82) is 0 Å². The van der Waals surface area contributed by atoms with Crippen LogP contribution in [0.5, 0.6) is 0 Å². The molecule has 0 unspecified atom stereocenters. The van der Waals surface area contributed by atoms with E-state index in [4.69, 9.17) is 0 Å². The number of hydrogen-bond donors (Lipinski definition) is 0. The van der Waals surface area contributed by atoms with Crippen LogP contribution in [0.25, 0.3) is 26.6 Å². The largest absolute Gasteiger partial charge is 0.358 e. The van der Waals surface area contributed by atoms with Gasteiger partial charge < -0.3 is 11.8 Å². The Hall–Kier alpha value is -0.117. The number of fused-ring (bicyclic) bond motifs is 6. The zero-order valence-corrected chi connectivity index (χ0v) is 16.3. The fourth-order valence-electron chi connectivity index (χ4n) is 2.20. The van der Waals surface area contributed by atoms with Gasteiger partial charge in [-0.25, -0.2) is 0 Å². The Balaban J connectivity index is 0.000000602. The molecule has 0 aliphatic rings. The average molecular weight is 519 g/mol. The predicted molar refractivity (Wildman–Crippen MR) is 73.3 cm³/mol. The monoisotopic (exact) mass is 520 g/mol. The van der Waals surface area contributed by atoms with Crippen LogP contribution in [0.1, 0.15) is 0 Å². The molecule has 0 aliphatic carbocycles. The quantitative estimate of drug-likeness (QED) is 0.322. The summed E-state index contributed by atoms with van der Waals surface area (Å²) in [4.78, 5) is 4.45. The topological polar surface area (TPSA) is 17.3 Å². The van der Waals surface area contributed by atoms with Gasteiger partial charge in [0.1, 0.15) is 0 Å². The maximum absolute atomic E-state index is 4.45. The number of rotatable bonds is 0. The van der Waals surface area contributed by atoms with Crippen LogP contribution >= 0.6 is 11.3 Å². The van der Waals surface area contributed by atoms with Crippen molar-refractivity contribution < 1.29 is 52.8 Å². The molecule has 0 atom stereocenters. The van der Waals surface area contributed by atoms with Crippen LogP contribution in [0, 0.1) is 13.5 Å². The smallest absolute Gasteiger partial charge is 0.0684 e. The van der Waals surface area contributed by atoms with Gasteiger partial charge in [0.05, 0.1) is 5.51 Å². The first-order valence-corrected chi connectivity index (χ1v) is 5.96. The molecule has 0 fully saturated rings. The minimum atomic E-state index is 0. The maximum atomic E-state index is 4.45. The van der Waals surface area contributed by atoms with Gasteiger partial charge >= 0.3 is 0 Å². The van der Waals surface area contributed by atoms with E-state index in [2.05, 4.69) is 39.8 Å². The summed E-state index contributed by atoms with van der Waals surface area (Å²) >= 11 is 1.68. The molecule has 0 bridgehead atoms. The van der Waals surface area contributed by atoms with Crippen LogP contribution in [-0.2, 0) is 52.8 Å². The second-order valence-electron chi connectivity index (χ2n) is 3.72. The summed E-state index contributed by atoms with van der Waals surface area (Å²) in [5, 5.41) is 1.10. The first kappa shape index (κ1) is 16.9. The van der Waals surface area contributed by atoms with E-state index in [0.29, 0.717) is 0 Å². The Labute approximate surface area is 154 Å². The summed E-state index contributed by atoms with van der Waals surface area (Å²) in [6, 6.07) is 13.6. The molecule has 0 saturated heterocycles. The summed E-state index contributed by atoms with van der Waals surface area (Å²) < 4.78 is 3.44. The van der Waals surface area contributed by atoms with Gasteiger partial charge in [-0.1, -0.05) is 0 Å². The van der Waals surface area contributed by atoms with Crippen molar-refractivity contribution in [3.63, 3.8) is 0 Å². The molecule has 0 aliphatic heterocycles. The van der Waals surface area contributed by atoms with Gasteiger partial charge in [-0.05, 0) is 23.8 Å². The SMILES string of the molecule is [CH3-].[Ir].[Y].[c-]1cccc2c1c1ncsc1c1cccn21. The van der Waals surface area contributed by atoms with Crippen molar-refractivity contribution >= 4 is 38.0 Å². The predicted octanol–water partition coefficient (Wildman–Crippen LogP) is 3.95. The van der Waals surface area contributed by atoms with Gasteiger partial charge in [0.15, 0.2) is 0 Å². The van der Waals surface area contributed by atoms with Crippen molar-refractivity contribution in [1.82, 2.24) is 9.38 Å². The molecular formula is C14H10IrN2SY-2. The summed E-state index contributed by atoms with van der Waals surface area (Å²) in [6.07, 6.45) is 2.09. The second-order valence-corrected chi connectivity index (χ2v) is 4.58. The first-order valence-electron chi connectivity index (χ1n) is 5.08. The van der Waals surface area contributed by atoms with E-state index in [9.17, 15) is 0 Å². The summed E-state index contributed by atoms with van der Waals surface area (Å²) in [6.45, 7) is 0. The van der Waals surface area contributed by atoms with Gasteiger partial charge in [-0.15, -0.1) is 41.0 Å². The molecular weight excluding hydrogens is 509 g/mol. The third-order valence-corrected chi connectivity index (χ3v) is 3.73. The molecule has 0 spiro atoms. The minimum Gasteiger partial charge on any atom is -0.358 e. The molecule has 19 heavy (non-hydrogen) atoms. The molecule has 2 nitrogen and oxygen atoms in total. The van der Waals surface area contributed by atoms with Crippen LogP contribution in [-0.4, -0.2) is 9.38 Å². The summed E-state index contributed by atoms with van der Waals surface area (Å²) in [7, 11) is 0. The number of thiazole rings is 1. The van der Waals surface area contributed by atoms with Crippen molar-refractivity contribution in [2.45, 2.75) is 0 Å². The van der Waals surface area contributed by atoms with E-state index >= 15 is 0 Å². The Kier molecular flexibility index (Phi) is 5.84. The van der Waals surface area contributed by atoms with Gasteiger partial charge in [-0.3, -0.25) is 4.98 Å². The summed E-state index contributed by atoms with van der Waals surface area (Å²) in [5.74, 6) is 0. The van der Waals surface area contributed by atoms with Crippen molar-refractivity contribution in [3.05, 3.63) is 55.5 Å². The molecule has 4 rings (SSSR count). The molecule has 3 aromatic heterocycles. The fourth-order valence-corrected chi connectivity index (χ4v) is 3.02. The Morgan fingerprint density at radius 2 is 1.95 bits per heavy atom. The van der Waals surface area contributed by atoms with E-state index in [1.807, 2.05) is 17.6 Å². The molecule has 2 radical (unpaired) electrons. The van der Waals surface area contributed by atoms with E-state index in [-0.39, 0.29) is 60.2 Å². The fraction of sp³-hybridized carbons (Fsp3) is 0. The molecule has 1 aromatic carbocycles. The van der Waals surface area contributed by atoms with Crippen molar-refractivity contribution in [2.75, 3.05) is 0 Å². The van der Waals surface area contributed by atoms with Gasteiger partial charge in [-0.2, -0.15) is 0 Å². The molecule has 4 aromatic rings. The minimum absolute atomic E-state index is 0. The van der Waals surface area contributed by atoms with Gasteiger partial charge in [0.25, 0.3) is 0 Å². The van der Waals surface area contributed by atoms with Crippen molar-refractivity contribution in [2.24, 2.45) is 0 Å². The van der Waals surface area contributed by atoms with E-state index in [1.165, 1.54) is 15.7 Å². The molecule has 3 heterocycles. The van der Waals surface area contributed by atoms with Crippen molar-refractivity contribution in [3.8, 4) is 0 Å². The molecule has 0 N–H and O–H groups in total. The van der Waals surface area contributed by atoms with E-state index in [0.717, 1.165) is 10.9 Å². The molecule has 96 valence electrons. The molecule has 5 heteroatoms. The summed E-state index contributed by atoms with van der Waals surface area (Å²) in [5.41, 5.74) is 5.36. The second kappa shape index (κ2) is 6.56.